The van der Waals surface area contributed by atoms with E-state index in [0.29, 0.717) is 13.0 Å². The summed E-state index contributed by atoms with van der Waals surface area (Å²) in [7, 11) is 0. The lowest BCUT2D eigenvalue weighted by atomic mass is 10.1. The summed E-state index contributed by atoms with van der Waals surface area (Å²) >= 11 is 1.51. The highest BCUT2D eigenvalue weighted by Crippen LogP contribution is 2.23. The lowest BCUT2D eigenvalue weighted by molar-refractivity contribution is -0.132. The zero-order valence-corrected chi connectivity index (χ0v) is 22.0. The van der Waals surface area contributed by atoms with Crippen LogP contribution >= 0.6 is 11.3 Å². The van der Waals surface area contributed by atoms with Crippen molar-refractivity contribution in [1.82, 2.24) is 4.98 Å². The Morgan fingerprint density at radius 2 is 1.72 bits per heavy atom. The van der Waals surface area contributed by atoms with E-state index in [4.69, 9.17) is 15.6 Å². The standard InChI is InChI=1S/C25H26N2O3S.C4H8O/c1-17(12-18(2)25(28)29)13-21-16-31-24(27-21)23(26)14-19-8-10-22(11-9-19)30-15-20-6-4-3-5-7-20;1-4(2)3-5/h3-13,16,23H,14-15,26H2,1-2H3,(H,28,29);3-4H,1-2H3/b17-13+,18-12-;. The number of nitrogens with zero attached hydrogens (tertiary/aromatic N) is 1. The number of allylic oxidation sites excluding steroid dienone is 2. The number of benzene rings is 2. The maximum absolute atomic E-state index is 10.9. The molecule has 0 bridgehead atoms. The topological polar surface area (TPSA) is 103 Å². The van der Waals surface area contributed by atoms with Crippen molar-refractivity contribution >= 4 is 29.7 Å². The fourth-order valence-corrected chi connectivity index (χ4v) is 3.80. The van der Waals surface area contributed by atoms with E-state index in [1.165, 1.54) is 11.3 Å². The molecule has 3 aromatic rings. The molecular weight excluding hydrogens is 472 g/mol. The average molecular weight is 507 g/mol. The summed E-state index contributed by atoms with van der Waals surface area (Å²) in [5.41, 5.74) is 10.5. The summed E-state index contributed by atoms with van der Waals surface area (Å²) in [5.74, 6) is 0.100. The maximum Gasteiger partial charge on any atom is 0.331 e. The molecule has 0 radical (unpaired) electrons. The minimum atomic E-state index is -0.926. The summed E-state index contributed by atoms with van der Waals surface area (Å²) < 4.78 is 5.83. The molecule has 190 valence electrons. The number of aromatic nitrogens is 1. The number of carboxylic acid groups (broad SMARTS) is 1. The molecule has 0 aliphatic heterocycles. The van der Waals surface area contributed by atoms with Crippen LogP contribution in [-0.2, 0) is 22.6 Å². The SMILES string of the molecule is C/C(=C/C(C)=C/c1csc(C(N)Cc2ccc(OCc3ccccc3)cc2)n1)C(=O)O.CC(C)C=O. The lowest BCUT2D eigenvalue weighted by Gasteiger charge is -2.10. The second-order valence-electron chi connectivity index (χ2n) is 8.74. The molecule has 0 fully saturated rings. The van der Waals surface area contributed by atoms with Crippen molar-refractivity contribution in [2.45, 2.75) is 46.8 Å². The van der Waals surface area contributed by atoms with Gasteiger partial charge in [0.25, 0.3) is 0 Å². The van der Waals surface area contributed by atoms with Crippen LogP contribution in [0.4, 0.5) is 0 Å². The van der Waals surface area contributed by atoms with Gasteiger partial charge in [-0.25, -0.2) is 9.78 Å². The Labute approximate surface area is 217 Å². The van der Waals surface area contributed by atoms with Gasteiger partial charge in [-0.15, -0.1) is 11.3 Å². The number of aldehydes is 1. The van der Waals surface area contributed by atoms with Crippen molar-refractivity contribution in [3.63, 3.8) is 0 Å². The predicted octanol–water partition coefficient (Wildman–Crippen LogP) is 6.24. The van der Waals surface area contributed by atoms with Gasteiger partial charge in [-0.05, 0) is 61.3 Å². The van der Waals surface area contributed by atoms with Crippen LogP contribution in [0.3, 0.4) is 0 Å². The van der Waals surface area contributed by atoms with Gasteiger partial charge in [0.2, 0.25) is 0 Å². The quantitative estimate of drug-likeness (QED) is 0.192. The van der Waals surface area contributed by atoms with E-state index in [-0.39, 0.29) is 17.5 Å². The molecule has 6 nitrogen and oxygen atoms in total. The Morgan fingerprint density at radius 1 is 1.08 bits per heavy atom. The summed E-state index contributed by atoms with van der Waals surface area (Å²) in [6, 6.07) is 17.8. The van der Waals surface area contributed by atoms with E-state index in [1.54, 1.807) is 13.0 Å². The van der Waals surface area contributed by atoms with Crippen LogP contribution in [0.25, 0.3) is 6.08 Å². The monoisotopic (exact) mass is 506 g/mol. The second-order valence-corrected chi connectivity index (χ2v) is 9.63. The molecule has 0 saturated heterocycles. The molecule has 1 aromatic heterocycles. The largest absolute Gasteiger partial charge is 0.489 e. The third-order valence-electron chi connectivity index (χ3n) is 4.91. The summed E-state index contributed by atoms with van der Waals surface area (Å²) in [4.78, 5) is 25.0. The molecule has 3 rings (SSSR count). The minimum absolute atomic E-state index is 0.204. The third-order valence-corrected chi connectivity index (χ3v) is 5.91. The Kier molecular flexibility index (Phi) is 11.8. The van der Waals surface area contributed by atoms with E-state index in [0.717, 1.165) is 39.4 Å². The normalized spacial score (nSPS) is 12.5. The van der Waals surface area contributed by atoms with Crippen LogP contribution in [0.2, 0.25) is 0 Å². The highest BCUT2D eigenvalue weighted by atomic mass is 32.1. The molecule has 0 amide bonds. The number of carboxylic acids is 1. The maximum atomic E-state index is 10.9. The lowest BCUT2D eigenvalue weighted by Crippen LogP contribution is -2.13. The first kappa shape index (κ1) is 28.7. The molecular formula is C29H34N2O4S. The van der Waals surface area contributed by atoms with Crippen molar-refractivity contribution in [2.24, 2.45) is 11.7 Å². The van der Waals surface area contributed by atoms with Crippen molar-refractivity contribution in [1.29, 1.82) is 0 Å². The Morgan fingerprint density at radius 3 is 2.31 bits per heavy atom. The Hall–Kier alpha value is -3.55. The van der Waals surface area contributed by atoms with Gasteiger partial charge in [-0.3, -0.25) is 0 Å². The number of ether oxygens (including phenoxy) is 1. The van der Waals surface area contributed by atoms with Gasteiger partial charge in [0.05, 0.1) is 11.7 Å². The fourth-order valence-electron chi connectivity index (χ4n) is 3.02. The van der Waals surface area contributed by atoms with Gasteiger partial charge >= 0.3 is 5.97 Å². The molecule has 7 heteroatoms. The summed E-state index contributed by atoms with van der Waals surface area (Å²) in [5, 5.41) is 11.8. The van der Waals surface area contributed by atoms with E-state index in [1.807, 2.05) is 86.8 Å². The number of rotatable bonds is 10. The van der Waals surface area contributed by atoms with Crippen LogP contribution in [0.15, 0.2) is 77.2 Å². The fraction of sp³-hybridized carbons (Fsp3) is 0.276. The molecule has 0 aliphatic carbocycles. The minimum Gasteiger partial charge on any atom is -0.489 e. The number of carbonyl (C=O) groups is 2. The third kappa shape index (κ3) is 10.4. The highest BCUT2D eigenvalue weighted by molar-refractivity contribution is 7.09. The Balaban J connectivity index is 0.000000830. The zero-order chi connectivity index (χ0) is 26.5. The molecule has 1 atom stereocenters. The van der Waals surface area contributed by atoms with E-state index in [9.17, 15) is 9.59 Å². The van der Waals surface area contributed by atoms with Crippen LogP contribution in [0.1, 0.15) is 55.6 Å². The molecule has 0 saturated carbocycles. The summed E-state index contributed by atoms with van der Waals surface area (Å²) in [6.07, 6.45) is 5.08. The molecule has 2 aromatic carbocycles. The van der Waals surface area contributed by atoms with E-state index >= 15 is 0 Å². The molecule has 0 aliphatic rings. The van der Waals surface area contributed by atoms with Gasteiger partial charge in [-0.1, -0.05) is 56.3 Å². The first-order chi connectivity index (χ1) is 17.2. The molecule has 3 N–H and O–H groups in total. The number of carbonyl (C=O) groups excluding carboxylic acids is 1. The molecule has 1 unspecified atom stereocenters. The van der Waals surface area contributed by atoms with Gasteiger partial charge in [0.15, 0.2) is 0 Å². The number of aliphatic carboxylic acids is 1. The van der Waals surface area contributed by atoms with Gasteiger partial charge in [0, 0.05) is 16.9 Å². The molecule has 0 spiro atoms. The second kappa shape index (κ2) is 14.8. The van der Waals surface area contributed by atoms with Crippen molar-refractivity contribution < 1.29 is 19.4 Å². The van der Waals surface area contributed by atoms with Crippen LogP contribution in [-0.4, -0.2) is 22.3 Å². The van der Waals surface area contributed by atoms with Crippen molar-refractivity contribution in [3.8, 4) is 5.75 Å². The number of hydrogen-bond donors (Lipinski definition) is 2. The first-order valence-corrected chi connectivity index (χ1v) is 12.6. The van der Waals surface area contributed by atoms with E-state index < -0.39 is 5.97 Å². The summed E-state index contributed by atoms with van der Waals surface area (Å²) in [6.45, 7) is 7.67. The van der Waals surface area contributed by atoms with Crippen LogP contribution in [0.5, 0.6) is 5.75 Å². The highest BCUT2D eigenvalue weighted by Gasteiger charge is 2.12. The first-order valence-electron chi connectivity index (χ1n) is 11.7. The van der Waals surface area contributed by atoms with Gasteiger partial charge in [0.1, 0.15) is 23.7 Å². The predicted molar refractivity (Wildman–Crippen MR) is 146 cm³/mol. The van der Waals surface area contributed by atoms with Gasteiger partial charge in [-0.2, -0.15) is 0 Å². The van der Waals surface area contributed by atoms with Crippen molar-refractivity contribution in [2.75, 3.05) is 0 Å². The van der Waals surface area contributed by atoms with Crippen molar-refractivity contribution in [3.05, 3.63) is 99.0 Å². The Bertz CT molecular complexity index is 1170. The smallest absolute Gasteiger partial charge is 0.331 e. The van der Waals surface area contributed by atoms with Crippen LogP contribution < -0.4 is 10.5 Å². The van der Waals surface area contributed by atoms with Gasteiger partial charge < -0.3 is 20.4 Å². The number of thiazole rings is 1. The van der Waals surface area contributed by atoms with E-state index in [2.05, 4.69) is 4.98 Å². The molecule has 36 heavy (non-hydrogen) atoms. The zero-order valence-electron chi connectivity index (χ0n) is 21.2. The molecule has 1 heterocycles. The number of hydrogen-bond acceptors (Lipinski definition) is 6. The number of nitrogens with two attached hydrogens (primary N) is 1. The average Bonchev–Trinajstić information content (AvgIpc) is 3.33. The van der Waals surface area contributed by atoms with Crippen LogP contribution in [0, 0.1) is 5.92 Å².